The zero-order valence-electron chi connectivity index (χ0n) is 11.8. The Morgan fingerprint density at radius 2 is 2.00 bits per heavy atom. The molecule has 0 unspecified atom stereocenters. The van der Waals surface area contributed by atoms with E-state index < -0.39 is 0 Å². The first-order valence-electron chi connectivity index (χ1n) is 7.23. The van der Waals surface area contributed by atoms with Gasteiger partial charge >= 0.3 is 0 Å². The maximum atomic E-state index is 12.5. The summed E-state index contributed by atoms with van der Waals surface area (Å²) in [4.78, 5) is 12.5. The number of benzene rings is 2. The molecule has 0 fully saturated rings. The van der Waals surface area contributed by atoms with Crippen LogP contribution in [0, 0.1) is 0 Å². The average molecular weight is 316 g/mol. The van der Waals surface area contributed by atoms with E-state index in [1.54, 1.807) is 24.3 Å². The lowest BCUT2D eigenvalue weighted by Gasteiger charge is -2.14. The van der Waals surface area contributed by atoms with Gasteiger partial charge in [-0.3, -0.25) is 4.79 Å². The van der Waals surface area contributed by atoms with Crippen molar-refractivity contribution in [2.24, 2.45) is 0 Å². The minimum Gasteiger partial charge on any atom is -0.493 e. The van der Waals surface area contributed by atoms with Crippen LogP contribution in [0.1, 0.15) is 21.5 Å². The molecule has 2 aliphatic heterocycles. The maximum absolute atomic E-state index is 12.5. The van der Waals surface area contributed by atoms with Gasteiger partial charge in [-0.2, -0.15) is 0 Å². The molecule has 2 aromatic rings. The number of ether oxygens (including phenoxy) is 2. The predicted octanol–water partition coefficient (Wildman–Crippen LogP) is 3.46. The van der Waals surface area contributed by atoms with Crippen LogP contribution in [0.5, 0.6) is 11.5 Å². The molecule has 4 rings (SSSR count). The fraction of sp³-hybridized carbons (Fsp3) is 0.235. The summed E-state index contributed by atoms with van der Waals surface area (Å²) >= 11 is 5.95. The van der Waals surface area contributed by atoms with E-state index >= 15 is 0 Å². The fourth-order valence-corrected chi connectivity index (χ4v) is 3.12. The normalized spacial score (nSPS) is 14.8. The highest BCUT2D eigenvalue weighted by Crippen LogP contribution is 2.44. The van der Waals surface area contributed by atoms with Crippen LogP contribution in [0.4, 0.5) is 5.69 Å². The molecule has 0 spiro atoms. The van der Waals surface area contributed by atoms with Crippen molar-refractivity contribution in [3.63, 3.8) is 0 Å². The summed E-state index contributed by atoms with van der Waals surface area (Å²) in [6.07, 6.45) is 1.61. The molecule has 0 saturated carbocycles. The second-order valence-electron chi connectivity index (χ2n) is 5.38. The smallest absolute Gasteiger partial charge is 0.255 e. The molecule has 2 heterocycles. The van der Waals surface area contributed by atoms with Gasteiger partial charge in [-0.05, 0) is 24.3 Å². The predicted molar refractivity (Wildman–Crippen MR) is 84.2 cm³/mol. The zero-order valence-corrected chi connectivity index (χ0v) is 12.6. The number of rotatable bonds is 2. The average Bonchev–Trinajstić information content (AvgIpc) is 3.15. The van der Waals surface area contributed by atoms with Gasteiger partial charge in [0.15, 0.2) is 0 Å². The van der Waals surface area contributed by atoms with Gasteiger partial charge in [0.2, 0.25) is 0 Å². The summed E-state index contributed by atoms with van der Waals surface area (Å²) in [7, 11) is 0. The van der Waals surface area contributed by atoms with Gasteiger partial charge in [0, 0.05) is 34.6 Å². The summed E-state index contributed by atoms with van der Waals surface area (Å²) in [6, 6.07) is 8.92. The fourth-order valence-electron chi connectivity index (χ4n) is 2.93. The molecule has 5 heteroatoms. The number of carbonyl (C=O) groups is 1. The first-order valence-corrected chi connectivity index (χ1v) is 7.61. The molecular weight excluding hydrogens is 302 g/mol. The van der Waals surface area contributed by atoms with Crippen molar-refractivity contribution in [3.05, 3.63) is 52.0 Å². The highest BCUT2D eigenvalue weighted by molar-refractivity contribution is 6.31. The number of carbonyl (C=O) groups excluding carboxylic acids is 1. The Morgan fingerprint density at radius 3 is 2.86 bits per heavy atom. The van der Waals surface area contributed by atoms with E-state index in [9.17, 15) is 4.79 Å². The summed E-state index contributed by atoms with van der Waals surface area (Å²) in [5.41, 5.74) is 3.36. The molecular formula is C17H14ClNO3. The Hall–Kier alpha value is -2.20. The van der Waals surface area contributed by atoms with E-state index in [0.717, 1.165) is 41.2 Å². The highest BCUT2D eigenvalue weighted by atomic mass is 35.5. The second-order valence-corrected chi connectivity index (χ2v) is 5.81. The third kappa shape index (κ3) is 2.20. The van der Waals surface area contributed by atoms with Gasteiger partial charge in [-0.25, -0.2) is 0 Å². The standard InChI is InChI=1S/C17H14ClNO3/c18-12-3-1-2-11(8-12)17(20)19-15-13-5-7-21-14(13)9-10-4-6-22-16(10)15/h1-3,8-9H,4-7H2,(H,19,20). The van der Waals surface area contributed by atoms with Crippen LogP contribution >= 0.6 is 11.6 Å². The maximum Gasteiger partial charge on any atom is 0.255 e. The Labute approximate surface area is 133 Å². The quantitative estimate of drug-likeness (QED) is 0.923. The summed E-state index contributed by atoms with van der Waals surface area (Å²) in [5.74, 6) is 1.44. The largest absolute Gasteiger partial charge is 0.493 e. The van der Waals surface area contributed by atoms with Crippen molar-refractivity contribution in [2.45, 2.75) is 12.8 Å². The van der Waals surface area contributed by atoms with Gasteiger partial charge in [-0.1, -0.05) is 17.7 Å². The van der Waals surface area contributed by atoms with Crippen molar-refractivity contribution in [1.29, 1.82) is 0 Å². The number of nitrogens with one attached hydrogen (secondary N) is 1. The van der Waals surface area contributed by atoms with Crippen molar-refractivity contribution < 1.29 is 14.3 Å². The third-order valence-corrected chi connectivity index (χ3v) is 4.21. The van der Waals surface area contributed by atoms with Gasteiger partial charge in [0.25, 0.3) is 5.91 Å². The molecule has 2 aromatic carbocycles. The summed E-state index contributed by atoms with van der Waals surface area (Å²) in [5, 5.41) is 3.52. The summed E-state index contributed by atoms with van der Waals surface area (Å²) in [6.45, 7) is 1.27. The Kier molecular flexibility index (Phi) is 3.19. The van der Waals surface area contributed by atoms with E-state index in [0.29, 0.717) is 23.8 Å². The van der Waals surface area contributed by atoms with Crippen LogP contribution in [0.25, 0.3) is 0 Å². The lowest BCUT2D eigenvalue weighted by atomic mass is 10.0. The van der Waals surface area contributed by atoms with Crippen molar-refractivity contribution in [2.75, 3.05) is 18.5 Å². The first-order chi connectivity index (χ1) is 10.7. The SMILES string of the molecule is O=C(Nc1c2c(cc3c1OCC3)OCC2)c1cccc(Cl)c1. The monoisotopic (exact) mass is 315 g/mol. The molecule has 1 amide bonds. The molecule has 1 N–H and O–H groups in total. The zero-order chi connectivity index (χ0) is 15.1. The minimum atomic E-state index is -0.194. The van der Waals surface area contributed by atoms with Crippen molar-refractivity contribution in [3.8, 4) is 11.5 Å². The van der Waals surface area contributed by atoms with E-state index in [1.165, 1.54) is 0 Å². The Balaban J connectivity index is 1.73. The van der Waals surface area contributed by atoms with Crippen LogP contribution in [0.15, 0.2) is 30.3 Å². The van der Waals surface area contributed by atoms with Crippen LogP contribution < -0.4 is 14.8 Å². The Bertz CT molecular complexity index is 740. The molecule has 0 saturated heterocycles. The molecule has 0 aromatic heterocycles. The molecule has 0 bridgehead atoms. The molecule has 22 heavy (non-hydrogen) atoms. The number of fused-ring (bicyclic) bond motifs is 2. The highest BCUT2D eigenvalue weighted by Gasteiger charge is 2.27. The van der Waals surface area contributed by atoms with Crippen LogP contribution in [-0.2, 0) is 12.8 Å². The van der Waals surface area contributed by atoms with Crippen LogP contribution in [0.3, 0.4) is 0 Å². The van der Waals surface area contributed by atoms with Gasteiger partial charge < -0.3 is 14.8 Å². The molecule has 0 aliphatic carbocycles. The van der Waals surface area contributed by atoms with Gasteiger partial charge in [0.05, 0.1) is 18.9 Å². The number of hydrogen-bond acceptors (Lipinski definition) is 3. The molecule has 0 radical (unpaired) electrons. The molecule has 112 valence electrons. The van der Waals surface area contributed by atoms with E-state index in [2.05, 4.69) is 5.32 Å². The third-order valence-electron chi connectivity index (χ3n) is 3.98. The first kappa shape index (κ1) is 13.5. The minimum absolute atomic E-state index is 0.194. The van der Waals surface area contributed by atoms with Crippen molar-refractivity contribution >= 4 is 23.2 Å². The van der Waals surface area contributed by atoms with E-state index in [-0.39, 0.29) is 5.91 Å². The number of hydrogen-bond donors (Lipinski definition) is 1. The Morgan fingerprint density at radius 1 is 1.14 bits per heavy atom. The lowest BCUT2D eigenvalue weighted by molar-refractivity contribution is 0.102. The molecule has 4 nitrogen and oxygen atoms in total. The molecule has 0 atom stereocenters. The number of anilines is 1. The topological polar surface area (TPSA) is 47.6 Å². The van der Waals surface area contributed by atoms with E-state index in [4.69, 9.17) is 21.1 Å². The van der Waals surface area contributed by atoms with Crippen molar-refractivity contribution in [1.82, 2.24) is 0 Å². The number of amides is 1. The van der Waals surface area contributed by atoms with Gasteiger partial charge in [0.1, 0.15) is 11.5 Å². The van der Waals surface area contributed by atoms with Crippen LogP contribution in [-0.4, -0.2) is 19.1 Å². The lowest BCUT2D eigenvalue weighted by Crippen LogP contribution is -2.14. The molecule has 2 aliphatic rings. The number of halogens is 1. The van der Waals surface area contributed by atoms with E-state index in [1.807, 2.05) is 6.07 Å². The van der Waals surface area contributed by atoms with Gasteiger partial charge in [-0.15, -0.1) is 0 Å². The second kappa shape index (κ2) is 5.21. The summed E-state index contributed by atoms with van der Waals surface area (Å²) < 4.78 is 11.4. The van der Waals surface area contributed by atoms with Crippen LogP contribution in [0.2, 0.25) is 5.02 Å².